The molecule has 0 aromatic heterocycles. The third-order valence-corrected chi connectivity index (χ3v) is 1.27. The van der Waals surface area contributed by atoms with Crippen molar-refractivity contribution in [1.29, 1.82) is 0 Å². The molecule has 0 aromatic carbocycles. The Morgan fingerprint density at radius 3 is 3.22 bits per heavy atom. The Morgan fingerprint density at radius 2 is 2.33 bits per heavy atom. The third kappa shape index (κ3) is 0.633. The van der Waals surface area contributed by atoms with E-state index in [0.29, 0.717) is 6.61 Å². The lowest BCUT2D eigenvalue weighted by Crippen LogP contribution is -1.90. The number of hydrogen-bond donors (Lipinski definition) is 0. The van der Waals surface area contributed by atoms with E-state index in [0.717, 1.165) is 11.5 Å². The highest BCUT2D eigenvalue weighted by atomic mass is 16.5. The van der Waals surface area contributed by atoms with Crippen molar-refractivity contribution in [3.05, 3.63) is 36.0 Å². The highest BCUT2D eigenvalue weighted by molar-refractivity contribution is 5.31. The zero-order chi connectivity index (χ0) is 6.10. The zero-order valence-corrected chi connectivity index (χ0v) is 4.83. The van der Waals surface area contributed by atoms with Crippen molar-refractivity contribution >= 4 is 0 Å². The van der Waals surface area contributed by atoms with Crippen molar-refractivity contribution < 1.29 is 9.47 Å². The molecule has 0 amide bonds. The first-order valence-electron chi connectivity index (χ1n) is 2.83. The average molecular weight is 122 g/mol. The Bertz CT molecular complexity index is 211. The summed E-state index contributed by atoms with van der Waals surface area (Å²) in [5, 5.41) is 0. The van der Waals surface area contributed by atoms with Gasteiger partial charge in [-0.05, 0) is 18.2 Å². The Morgan fingerprint density at radius 1 is 1.33 bits per heavy atom. The highest BCUT2D eigenvalue weighted by Gasteiger charge is 2.14. The molecule has 2 rings (SSSR count). The fourth-order valence-electron chi connectivity index (χ4n) is 0.855. The molecule has 0 N–H and O–H groups in total. The van der Waals surface area contributed by atoms with Gasteiger partial charge < -0.3 is 9.47 Å². The van der Waals surface area contributed by atoms with Crippen LogP contribution in [-0.2, 0) is 9.47 Å². The molecular weight excluding hydrogens is 116 g/mol. The number of hydrogen-bond acceptors (Lipinski definition) is 2. The quantitative estimate of drug-likeness (QED) is 0.482. The summed E-state index contributed by atoms with van der Waals surface area (Å²) >= 11 is 0. The lowest BCUT2D eigenvalue weighted by atomic mass is 10.3. The van der Waals surface area contributed by atoms with Crippen LogP contribution in [0.3, 0.4) is 0 Å². The molecule has 0 fully saturated rings. The zero-order valence-electron chi connectivity index (χ0n) is 4.83. The van der Waals surface area contributed by atoms with E-state index in [1.165, 1.54) is 0 Å². The minimum absolute atomic E-state index is 0.642. The summed E-state index contributed by atoms with van der Waals surface area (Å²) in [6, 6.07) is 0. The smallest absolute Gasteiger partial charge is 0.167 e. The molecule has 0 bridgehead atoms. The standard InChI is InChI=1S/C7H6O2/c1-2-6-7(8-4-1)3-5-9-6/h1-4H,5H2. The van der Waals surface area contributed by atoms with Crippen molar-refractivity contribution in [2.45, 2.75) is 0 Å². The lowest BCUT2D eigenvalue weighted by Gasteiger charge is -2.05. The van der Waals surface area contributed by atoms with Crippen molar-refractivity contribution in [1.82, 2.24) is 0 Å². The second-order valence-corrected chi connectivity index (χ2v) is 1.86. The fourth-order valence-corrected chi connectivity index (χ4v) is 0.855. The molecule has 0 saturated carbocycles. The van der Waals surface area contributed by atoms with E-state index in [9.17, 15) is 0 Å². The van der Waals surface area contributed by atoms with Crippen molar-refractivity contribution in [2.75, 3.05) is 6.61 Å². The van der Waals surface area contributed by atoms with E-state index < -0.39 is 0 Å². The molecule has 0 aromatic rings. The van der Waals surface area contributed by atoms with Gasteiger partial charge in [-0.3, -0.25) is 0 Å². The number of rotatable bonds is 0. The molecule has 2 nitrogen and oxygen atoms in total. The van der Waals surface area contributed by atoms with E-state index in [1.54, 1.807) is 6.26 Å². The van der Waals surface area contributed by atoms with Gasteiger partial charge in [-0.15, -0.1) is 0 Å². The van der Waals surface area contributed by atoms with E-state index in [1.807, 2.05) is 18.2 Å². The van der Waals surface area contributed by atoms with Crippen LogP contribution in [0.4, 0.5) is 0 Å². The number of fused-ring (bicyclic) bond motifs is 1. The van der Waals surface area contributed by atoms with Gasteiger partial charge in [0.25, 0.3) is 0 Å². The van der Waals surface area contributed by atoms with Gasteiger partial charge in [0.15, 0.2) is 11.5 Å². The average Bonchev–Trinajstić information content (AvgIpc) is 2.33. The van der Waals surface area contributed by atoms with Crippen LogP contribution in [0.1, 0.15) is 0 Å². The van der Waals surface area contributed by atoms with Crippen LogP contribution in [0.15, 0.2) is 36.0 Å². The molecular formula is C7H6O2. The second-order valence-electron chi connectivity index (χ2n) is 1.86. The second kappa shape index (κ2) is 1.65. The Labute approximate surface area is 53.1 Å². The maximum Gasteiger partial charge on any atom is 0.167 e. The summed E-state index contributed by atoms with van der Waals surface area (Å²) < 4.78 is 10.2. The highest BCUT2D eigenvalue weighted by Crippen LogP contribution is 2.22. The lowest BCUT2D eigenvalue weighted by molar-refractivity contribution is 0.243. The Hall–Kier alpha value is -1.18. The molecule has 0 spiro atoms. The van der Waals surface area contributed by atoms with E-state index in [2.05, 4.69) is 0 Å². The van der Waals surface area contributed by atoms with Crippen LogP contribution in [-0.4, -0.2) is 6.61 Å². The summed E-state index contributed by atoms with van der Waals surface area (Å²) in [6.45, 7) is 0.642. The topological polar surface area (TPSA) is 18.5 Å². The van der Waals surface area contributed by atoms with Crippen molar-refractivity contribution in [2.24, 2.45) is 0 Å². The van der Waals surface area contributed by atoms with E-state index in [-0.39, 0.29) is 0 Å². The molecule has 2 heteroatoms. The molecule has 9 heavy (non-hydrogen) atoms. The van der Waals surface area contributed by atoms with E-state index >= 15 is 0 Å². The molecule has 2 aliphatic heterocycles. The normalized spacial score (nSPS) is 21.3. The summed E-state index contributed by atoms with van der Waals surface area (Å²) in [5.74, 6) is 1.69. The summed E-state index contributed by atoms with van der Waals surface area (Å²) in [7, 11) is 0. The van der Waals surface area contributed by atoms with Gasteiger partial charge in [0, 0.05) is 0 Å². The van der Waals surface area contributed by atoms with Crippen LogP contribution in [0.2, 0.25) is 0 Å². The monoisotopic (exact) mass is 122 g/mol. The third-order valence-electron chi connectivity index (χ3n) is 1.27. The maximum atomic E-state index is 5.15. The first-order valence-corrected chi connectivity index (χ1v) is 2.83. The Balaban J connectivity index is 2.37. The van der Waals surface area contributed by atoms with Crippen LogP contribution in [0, 0.1) is 0 Å². The molecule has 46 valence electrons. The number of ether oxygens (including phenoxy) is 2. The SMILES string of the molecule is C1=COC2=CCOC2=C1. The Kier molecular flexibility index (Phi) is 0.859. The van der Waals surface area contributed by atoms with Gasteiger partial charge in [0.05, 0.1) is 6.26 Å². The van der Waals surface area contributed by atoms with Gasteiger partial charge in [-0.25, -0.2) is 0 Å². The van der Waals surface area contributed by atoms with Crippen LogP contribution < -0.4 is 0 Å². The maximum absolute atomic E-state index is 5.15. The van der Waals surface area contributed by atoms with Gasteiger partial charge in [-0.1, -0.05) is 0 Å². The van der Waals surface area contributed by atoms with Gasteiger partial charge in [0.1, 0.15) is 6.61 Å². The predicted molar refractivity (Wildman–Crippen MR) is 32.3 cm³/mol. The van der Waals surface area contributed by atoms with Gasteiger partial charge in [0.2, 0.25) is 0 Å². The van der Waals surface area contributed by atoms with Crippen molar-refractivity contribution in [3.63, 3.8) is 0 Å². The molecule has 0 atom stereocenters. The van der Waals surface area contributed by atoms with Crippen LogP contribution in [0.5, 0.6) is 0 Å². The minimum atomic E-state index is 0.642. The van der Waals surface area contributed by atoms with Crippen LogP contribution >= 0.6 is 0 Å². The molecule has 0 radical (unpaired) electrons. The van der Waals surface area contributed by atoms with Gasteiger partial charge >= 0.3 is 0 Å². The first kappa shape index (κ1) is 4.68. The van der Waals surface area contributed by atoms with Gasteiger partial charge in [-0.2, -0.15) is 0 Å². The number of allylic oxidation sites excluding steroid dienone is 2. The summed E-state index contributed by atoms with van der Waals surface area (Å²) in [6.07, 6.45) is 7.26. The first-order chi connectivity index (χ1) is 4.47. The predicted octanol–water partition coefficient (Wildman–Crippen LogP) is 1.33. The molecule has 0 saturated heterocycles. The summed E-state index contributed by atoms with van der Waals surface area (Å²) in [4.78, 5) is 0. The fraction of sp³-hybridized carbons (Fsp3) is 0.143. The molecule has 2 heterocycles. The minimum Gasteiger partial charge on any atom is -0.485 e. The van der Waals surface area contributed by atoms with Crippen LogP contribution in [0.25, 0.3) is 0 Å². The molecule has 2 aliphatic rings. The summed E-state index contributed by atoms with van der Waals surface area (Å²) in [5.41, 5.74) is 0. The molecule has 0 aliphatic carbocycles. The largest absolute Gasteiger partial charge is 0.485 e. The van der Waals surface area contributed by atoms with Crippen molar-refractivity contribution in [3.8, 4) is 0 Å². The van der Waals surface area contributed by atoms with E-state index in [4.69, 9.17) is 9.47 Å². The molecule has 0 unspecified atom stereocenters.